The van der Waals surface area contributed by atoms with Gasteiger partial charge in [-0.3, -0.25) is 9.59 Å². The number of alkyl halides is 6. The lowest BCUT2D eigenvalue weighted by Gasteiger charge is -2.11. The Kier molecular flexibility index (Phi) is 10.1. The van der Waals surface area contributed by atoms with E-state index in [1.807, 2.05) is 0 Å². The molecule has 1 aromatic heterocycles. The predicted molar refractivity (Wildman–Crippen MR) is 134 cm³/mol. The molecule has 198 valence electrons. The van der Waals surface area contributed by atoms with Crippen LogP contribution in [0.2, 0.25) is 0 Å². The van der Waals surface area contributed by atoms with Gasteiger partial charge in [0.15, 0.2) is 8.68 Å². The maximum absolute atomic E-state index is 12.6. The van der Waals surface area contributed by atoms with Crippen LogP contribution in [0.1, 0.15) is 0 Å². The smallest absolute Gasteiger partial charge is 0.420 e. The maximum Gasteiger partial charge on any atom is 0.487 e. The van der Waals surface area contributed by atoms with Crippen molar-refractivity contribution in [1.82, 2.24) is 10.2 Å². The number of carbonyl (C=O) groups is 2. The van der Waals surface area contributed by atoms with Gasteiger partial charge in [-0.1, -0.05) is 34.9 Å². The first-order valence-electron chi connectivity index (χ1n) is 9.75. The van der Waals surface area contributed by atoms with E-state index in [1.165, 1.54) is 59.9 Å². The van der Waals surface area contributed by atoms with Crippen molar-refractivity contribution >= 4 is 81.3 Å². The molecule has 0 atom stereocenters. The fraction of sp³-hybridized carbons (Fsp3) is 0.200. The largest absolute Gasteiger partial charge is 0.487 e. The predicted octanol–water partition coefficient (Wildman–Crippen LogP) is 6.34. The number of nitrogens with one attached hydrogen (secondary N) is 2. The van der Waals surface area contributed by atoms with Crippen LogP contribution < -0.4 is 20.1 Å². The van der Waals surface area contributed by atoms with E-state index < -0.39 is 11.1 Å². The molecule has 0 spiro atoms. The van der Waals surface area contributed by atoms with Crippen LogP contribution in [0.5, 0.6) is 11.5 Å². The first-order valence-corrected chi connectivity index (χ1v) is 13.3. The van der Waals surface area contributed by atoms with E-state index in [0.717, 1.165) is 23.5 Å². The molecule has 0 aliphatic carbocycles. The fourth-order valence-corrected chi connectivity index (χ4v) is 5.24. The van der Waals surface area contributed by atoms with E-state index in [2.05, 4.69) is 30.3 Å². The molecule has 0 unspecified atom stereocenters. The Hall–Kier alpha value is -2.46. The average Bonchev–Trinajstić information content (AvgIpc) is 3.25. The molecule has 0 saturated heterocycles. The fourth-order valence-electron chi connectivity index (χ4n) is 2.44. The molecule has 0 radical (unpaired) electrons. The topological polar surface area (TPSA) is 102 Å². The van der Waals surface area contributed by atoms with Crippen molar-refractivity contribution in [2.24, 2.45) is 0 Å². The summed E-state index contributed by atoms with van der Waals surface area (Å²) in [7, 11) is 0. The first-order chi connectivity index (χ1) is 17.3. The number of anilines is 2. The van der Waals surface area contributed by atoms with Crippen LogP contribution in [-0.4, -0.2) is 44.7 Å². The quantitative estimate of drug-likeness (QED) is 0.138. The summed E-state index contributed by atoms with van der Waals surface area (Å²) in [5.74, 6) is -1.04. The van der Waals surface area contributed by atoms with Gasteiger partial charge in [-0.15, -0.1) is 27.8 Å². The summed E-state index contributed by atoms with van der Waals surface area (Å²) >= 11 is 12.8. The van der Waals surface area contributed by atoms with Crippen molar-refractivity contribution < 1.29 is 36.6 Å². The average molecular weight is 617 g/mol. The summed E-state index contributed by atoms with van der Waals surface area (Å²) in [6.45, 7) is 0. The number of amides is 2. The highest BCUT2D eigenvalue weighted by atomic mass is 35.5. The number of carbonyl (C=O) groups excluding carboxylic acids is 2. The summed E-state index contributed by atoms with van der Waals surface area (Å²) < 4.78 is 59.9. The van der Waals surface area contributed by atoms with Crippen LogP contribution in [0.25, 0.3) is 0 Å². The highest BCUT2D eigenvalue weighted by Gasteiger charge is 2.28. The van der Waals surface area contributed by atoms with E-state index in [1.54, 1.807) is 0 Å². The van der Waals surface area contributed by atoms with Gasteiger partial charge in [-0.05, 0) is 48.5 Å². The molecule has 0 saturated carbocycles. The lowest BCUT2D eigenvalue weighted by Crippen LogP contribution is -2.16. The third-order valence-electron chi connectivity index (χ3n) is 3.78. The number of rotatable bonds is 12. The molecule has 2 aromatic carbocycles. The molecule has 0 fully saturated rings. The molecular formula is C20H14Cl2F4N4O4S3. The van der Waals surface area contributed by atoms with Gasteiger partial charge in [-0.25, -0.2) is 0 Å². The van der Waals surface area contributed by atoms with Gasteiger partial charge in [0, 0.05) is 34.6 Å². The minimum absolute atomic E-state index is 0.00709. The molecule has 17 heteroatoms. The molecule has 8 nitrogen and oxygen atoms in total. The third-order valence-corrected chi connectivity index (χ3v) is 7.13. The Morgan fingerprint density at radius 2 is 1.11 bits per heavy atom. The second-order valence-electron chi connectivity index (χ2n) is 6.65. The number of aromatic nitrogens is 2. The highest BCUT2D eigenvalue weighted by molar-refractivity contribution is 8.03. The van der Waals surface area contributed by atoms with Gasteiger partial charge >= 0.3 is 11.1 Å². The Balaban J connectivity index is 1.39. The number of hydrogen-bond donors (Lipinski definition) is 2. The Bertz CT molecular complexity index is 1120. The number of halogens is 6. The summed E-state index contributed by atoms with van der Waals surface area (Å²) in [5, 5.41) is 13.1. The van der Waals surface area contributed by atoms with Gasteiger partial charge in [0.1, 0.15) is 11.5 Å². The number of benzene rings is 2. The lowest BCUT2D eigenvalue weighted by atomic mass is 10.3. The zero-order chi connectivity index (χ0) is 27.1. The zero-order valence-electron chi connectivity index (χ0n) is 18.1. The highest BCUT2D eigenvalue weighted by Crippen LogP contribution is 2.30. The van der Waals surface area contributed by atoms with Gasteiger partial charge in [0.05, 0.1) is 11.5 Å². The number of thioether (sulfide) groups is 2. The van der Waals surface area contributed by atoms with E-state index in [4.69, 9.17) is 23.2 Å². The monoisotopic (exact) mass is 616 g/mol. The molecule has 3 aromatic rings. The normalized spacial score (nSPS) is 11.6. The van der Waals surface area contributed by atoms with Gasteiger partial charge in [0.25, 0.3) is 0 Å². The van der Waals surface area contributed by atoms with E-state index >= 15 is 0 Å². The third kappa shape index (κ3) is 11.2. The van der Waals surface area contributed by atoms with Crippen molar-refractivity contribution in [2.75, 3.05) is 22.1 Å². The number of ether oxygens (including phenoxy) is 2. The molecular weight excluding hydrogens is 603 g/mol. The van der Waals surface area contributed by atoms with Gasteiger partial charge in [-0.2, -0.15) is 0 Å². The van der Waals surface area contributed by atoms with Crippen LogP contribution >= 0.6 is 58.1 Å². The van der Waals surface area contributed by atoms with Crippen molar-refractivity contribution in [3.8, 4) is 11.5 Å². The summed E-state index contributed by atoms with van der Waals surface area (Å²) in [6.07, 6.45) is 0. The minimum Gasteiger partial charge on any atom is -0.420 e. The van der Waals surface area contributed by atoms with Gasteiger partial charge < -0.3 is 20.1 Å². The lowest BCUT2D eigenvalue weighted by molar-refractivity contribution is -0.114. The van der Waals surface area contributed by atoms with Crippen molar-refractivity contribution in [1.29, 1.82) is 0 Å². The van der Waals surface area contributed by atoms with Crippen LogP contribution in [0, 0.1) is 0 Å². The van der Waals surface area contributed by atoms with Crippen molar-refractivity contribution in [2.45, 2.75) is 19.8 Å². The van der Waals surface area contributed by atoms with Gasteiger partial charge in [0.2, 0.25) is 11.8 Å². The molecule has 2 amide bonds. The van der Waals surface area contributed by atoms with Crippen molar-refractivity contribution in [3.63, 3.8) is 0 Å². The Morgan fingerprint density at radius 3 is 1.43 bits per heavy atom. The summed E-state index contributed by atoms with van der Waals surface area (Å²) in [5.41, 5.74) is -6.92. The van der Waals surface area contributed by atoms with Crippen LogP contribution in [-0.2, 0) is 9.59 Å². The molecule has 2 N–H and O–H groups in total. The number of hydrogen-bond acceptors (Lipinski definition) is 9. The molecule has 37 heavy (non-hydrogen) atoms. The van der Waals surface area contributed by atoms with E-state index in [0.29, 0.717) is 20.1 Å². The molecule has 0 aliphatic heterocycles. The summed E-state index contributed by atoms with van der Waals surface area (Å²) in [4.78, 5) is 24.3. The SMILES string of the molecule is O=C(CSc1nnc(SCC(=O)Nc2ccc(OC(F)(F)Cl)cc2)s1)Nc1ccc(OC(F)(F)Cl)cc1. The maximum atomic E-state index is 12.6. The second-order valence-corrected chi connectivity index (χ2v) is 11.0. The van der Waals surface area contributed by atoms with Crippen LogP contribution in [0.3, 0.4) is 0 Å². The van der Waals surface area contributed by atoms with E-state index in [9.17, 15) is 27.2 Å². The van der Waals surface area contributed by atoms with E-state index in [-0.39, 0.29) is 34.8 Å². The Morgan fingerprint density at radius 1 is 0.757 bits per heavy atom. The number of nitrogens with zero attached hydrogens (tertiary/aromatic N) is 2. The molecule has 0 bridgehead atoms. The molecule has 0 aliphatic rings. The van der Waals surface area contributed by atoms with Crippen molar-refractivity contribution in [3.05, 3.63) is 48.5 Å². The first kappa shape index (κ1) is 29.1. The molecule has 1 heterocycles. The minimum atomic E-state index is -3.83. The zero-order valence-corrected chi connectivity index (χ0v) is 22.0. The second kappa shape index (κ2) is 12.9. The van der Waals surface area contributed by atoms with Crippen LogP contribution in [0.15, 0.2) is 57.2 Å². The van der Waals surface area contributed by atoms with Crippen LogP contribution in [0.4, 0.5) is 28.9 Å². The molecule has 3 rings (SSSR count). The standard InChI is InChI=1S/C20H14Cl2F4N4O4S3/c21-19(23,24)33-13-5-1-11(2-6-13)27-15(31)9-35-17-29-30-18(37-17)36-10-16(32)28-12-3-7-14(8-4-12)34-20(22,25)26/h1-8H,9-10H2,(H,27,31)(H,28,32). The Labute approximate surface area is 229 Å². The summed E-state index contributed by atoms with van der Waals surface area (Å²) in [6, 6.07) is 10.5.